The minimum atomic E-state index is -0.698. The van der Waals surface area contributed by atoms with Crippen LogP contribution in [0, 0.1) is 5.41 Å². The molecule has 2 N–H and O–H groups in total. The molecule has 0 saturated heterocycles. The van der Waals surface area contributed by atoms with Crippen molar-refractivity contribution in [3.8, 4) is 0 Å². The van der Waals surface area contributed by atoms with Crippen molar-refractivity contribution in [3.63, 3.8) is 0 Å². The van der Waals surface area contributed by atoms with Crippen molar-refractivity contribution in [2.45, 2.75) is 45.3 Å². The predicted molar refractivity (Wildman–Crippen MR) is 39.6 cm³/mol. The Labute approximate surface area is 61.9 Å². The van der Waals surface area contributed by atoms with Crippen LogP contribution in [0.2, 0.25) is 0 Å². The number of rotatable bonds is 0. The number of hydrogen-bond acceptors (Lipinski definition) is 2. The molecular weight excluding hydrogens is 128 g/mol. The Morgan fingerprint density at radius 1 is 0.900 bits per heavy atom. The summed E-state index contributed by atoms with van der Waals surface area (Å²) in [5.41, 5.74) is -1.77. The minimum Gasteiger partial charge on any atom is -0.389 e. The highest BCUT2D eigenvalue weighted by molar-refractivity contribution is 5.14. The Kier molecular flexibility index (Phi) is 1.25. The molecule has 0 aromatic carbocycles. The van der Waals surface area contributed by atoms with E-state index in [9.17, 15) is 10.2 Å². The molecular formula is C8H16O2. The fraction of sp³-hybridized carbons (Fsp3) is 1.00. The van der Waals surface area contributed by atoms with Crippen LogP contribution in [0.4, 0.5) is 0 Å². The molecule has 0 radical (unpaired) electrons. The molecule has 1 saturated carbocycles. The van der Waals surface area contributed by atoms with Gasteiger partial charge in [-0.3, -0.25) is 0 Å². The second kappa shape index (κ2) is 1.56. The lowest BCUT2D eigenvalue weighted by molar-refractivity contribution is -0.270. The summed E-state index contributed by atoms with van der Waals surface area (Å²) in [6, 6.07) is 0. The molecule has 1 fully saturated rings. The fourth-order valence-electron chi connectivity index (χ4n) is 1.59. The third kappa shape index (κ3) is 0.663. The van der Waals surface area contributed by atoms with Gasteiger partial charge in [0.05, 0.1) is 11.2 Å². The van der Waals surface area contributed by atoms with Gasteiger partial charge in [-0.25, -0.2) is 0 Å². The highest BCUT2D eigenvalue weighted by Crippen LogP contribution is 2.56. The molecule has 1 rings (SSSR count). The maximum Gasteiger partial charge on any atom is 0.0725 e. The van der Waals surface area contributed by atoms with Gasteiger partial charge in [-0.05, 0) is 13.8 Å². The van der Waals surface area contributed by atoms with Gasteiger partial charge in [-0.2, -0.15) is 0 Å². The van der Waals surface area contributed by atoms with E-state index in [1.165, 1.54) is 0 Å². The lowest BCUT2D eigenvalue weighted by Crippen LogP contribution is -2.69. The second-order valence-corrected chi connectivity index (χ2v) is 4.35. The zero-order valence-electron chi connectivity index (χ0n) is 7.10. The first-order chi connectivity index (χ1) is 4.21. The summed E-state index contributed by atoms with van der Waals surface area (Å²) in [5.74, 6) is 0. The van der Waals surface area contributed by atoms with E-state index in [0.29, 0.717) is 6.42 Å². The summed E-state index contributed by atoms with van der Waals surface area (Å²) in [7, 11) is 0. The second-order valence-electron chi connectivity index (χ2n) is 4.35. The van der Waals surface area contributed by atoms with Crippen molar-refractivity contribution in [2.75, 3.05) is 0 Å². The van der Waals surface area contributed by atoms with Crippen molar-refractivity contribution in [1.29, 1.82) is 0 Å². The van der Waals surface area contributed by atoms with E-state index in [1.54, 1.807) is 13.8 Å². The third-order valence-electron chi connectivity index (χ3n) is 3.38. The molecule has 2 atom stereocenters. The van der Waals surface area contributed by atoms with Crippen LogP contribution in [0.5, 0.6) is 0 Å². The van der Waals surface area contributed by atoms with E-state index < -0.39 is 11.2 Å². The Morgan fingerprint density at radius 3 is 1.20 bits per heavy atom. The molecule has 1 aliphatic carbocycles. The Hall–Kier alpha value is -0.0800. The average Bonchev–Trinajstić information content (AvgIpc) is 1.61. The molecule has 10 heavy (non-hydrogen) atoms. The highest BCUT2D eigenvalue weighted by atomic mass is 16.3. The van der Waals surface area contributed by atoms with Crippen LogP contribution in [0.3, 0.4) is 0 Å². The largest absolute Gasteiger partial charge is 0.389 e. The van der Waals surface area contributed by atoms with Crippen LogP contribution in [0.15, 0.2) is 0 Å². The molecule has 0 heterocycles. The Bertz CT molecular complexity index is 141. The van der Waals surface area contributed by atoms with Gasteiger partial charge in [0.25, 0.3) is 0 Å². The first-order valence-electron chi connectivity index (χ1n) is 3.65. The van der Waals surface area contributed by atoms with Gasteiger partial charge >= 0.3 is 0 Å². The monoisotopic (exact) mass is 144 g/mol. The van der Waals surface area contributed by atoms with Gasteiger partial charge in [-0.1, -0.05) is 13.8 Å². The van der Waals surface area contributed by atoms with Crippen molar-refractivity contribution in [1.82, 2.24) is 0 Å². The minimum absolute atomic E-state index is 0.375. The molecule has 1 aliphatic rings. The van der Waals surface area contributed by atoms with E-state index in [4.69, 9.17) is 0 Å². The standard InChI is InChI=1S/C8H16O2/c1-6(2)7(3,9)5-8(6,4)10/h9-10H,5H2,1-4H3. The fourth-order valence-corrected chi connectivity index (χ4v) is 1.59. The third-order valence-corrected chi connectivity index (χ3v) is 3.38. The Morgan fingerprint density at radius 2 is 1.20 bits per heavy atom. The molecule has 0 amide bonds. The van der Waals surface area contributed by atoms with Gasteiger partial charge in [-0.15, -0.1) is 0 Å². The first kappa shape index (κ1) is 8.02. The van der Waals surface area contributed by atoms with Gasteiger partial charge in [0, 0.05) is 11.8 Å². The van der Waals surface area contributed by atoms with Crippen molar-refractivity contribution >= 4 is 0 Å². The maximum atomic E-state index is 9.62. The maximum absolute atomic E-state index is 9.62. The highest BCUT2D eigenvalue weighted by Gasteiger charge is 2.63. The average molecular weight is 144 g/mol. The quantitative estimate of drug-likeness (QED) is 0.530. The van der Waals surface area contributed by atoms with E-state index >= 15 is 0 Å². The predicted octanol–water partition coefficient (Wildman–Crippen LogP) is 0.918. The zero-order chi connectivity index (χ0) is 8.21. The van der Waals surface area contributed by atoms with Crippen molar-refractivity contribution in [3.05, 3.63) is 0 Å². The Balaban J connectivity index is 2.85. The molecule has 2 unspecified atom stereocenters. The van der Waals surface area contributed by atoms with Crippen LogP contribution in [-0.2, 0) is 0 Å². The molecule has 60 valence electrons. The summed E-state index contributed by atoms with van der Waals surface area (Å²) in [5, 5.41) is 19.2. The molecule has 0 aromatic heterocycles. The summed E-state index contributed by atoms with van der Waals surface area (Å²) >= 11 is 0. The molecule has 0 bridgehead atoms. The molecule has 0 aromatic rings. The smallest absolute Gasteiger partial charge is 0.0725 e. The van der Waals surface area contributed by atoms with E-state index in [2.05, 4.69) is 0 Å². The lowest BCUT2D eigenvalue weighted by atomic mass is 9.50. The van der Waals surface area contributed by atoms with Gasteiger partial charge in [0.1, 0.15) is 0 Å². The van der Waals surface area contributed by atoms with Crippen molar-refractivity contribution in [2.24, 2.45) is 5.41 Å². The topological polar surface area (TPSA) is 40.5 Å². The SMILES string of the molecule is CC1(O)CC(C)(O)C1(C)C. The van der Waals surface area contributed by atoms with E-state index in [0.717, 1.165) is 0 Å². The van der Waals surface area contributed by atoms with E-state index in [-0.39, 0.29) is 5.41 Å². The normalized spacial score (nSPS) is 52.2. The molecule has 2 nitrogen and oxygen atoms in total. The van der Waals surface area contributed by atoms with Gasteiger partial charge < -0.3 is 10.2 Å². The summed E-state index contributed by atoms with van der Waals surface area (Å²) in [4.78, 5) is 0. The summed E-state index contributed by atoms with van der Waals surface area (Å²) < 4.78 is 0. The number of aliphatic hydroxyl groups is 2. The summed E-state index contributed by atoms with van der Waals surface area (Å²) in [6.07, 6.45) is 0.479. The summed E-state index contributed by atoms with van der Waals surface area (Å²) in [6.45, 7) is 7.31. The van der Waals surface area contributed by atoms with Crippen LogP contribution in [-0.4, -0.2) is 21.4 Å². The molecule has 0 spiro atoms. The number of hydrogen-bond donors (Lipinski definition) is 2. The van der Waals surface area contributed by atoms with Crippen molar-refractivity contribution < 1.29 is 10.2 Å². The van der Waals surface area contributed by atoms with Gasteiger partial charge in [0.15, 0.2) is 0 Å². The lowest BCUT2D eigenvalue weighted by Gasteiger charge is -2.61. The molecule has 2 heteroatoms. The van der Waals surface area contributed by atoms with Crippen LogP contribution < -0.4 is 0 Å². The van der Waals surface area contributed by atoms with Crippen LogP contribution >= 0.6 is 0 Å². The molecule has 0 aliphatic heterocycles. The zero-order valence-corrected chi connectivity index (χ0v) is 7.10. The van der Waals surface area contributed by atoms with Crippen LogP contribution in [0.25, 0.3) is 0 Å². The first-order valence-corrected chi connectivity index (χ1v) is 3.65. The van der Waals surface area contributed by atoms with Gasteiger partial charge in [0.2, 0.25) is 0 Å². The van der Waals surface area contributed by atoms with Crippen LogP contribution in [0.1, 0.15) is 34.1 Å². The van der Waals surface area contributed by atoms with E-state index in [1.807, 2.05) is 13.8 Å².